The average Bonchev–Trinajstić information content (AvgIpc) is 3.63. The van der Waals surface area contributed by atoms with Gasteiger partial charge >= 0.3 is 29.4 Å². The van der Waals surface area contributed by atoms with Crippen LogP contribution in [0.15, 0.2) is 12.7 Å². The number of ether oxygens (including phenoxy) is 1. The zero-order valence-corrected chi connectivity index (χ0v) is 31.6. The average molecular weight is 851 g/mol. The molecule has 0 spiro atoms. The lowest BCUT2D eigenvalue weighted by Crippen LogP contribution is -2.46. The molecule has 12 N–H and O–H groups in total. The third-order valence-electron chi connectivity index (χ3n) is 7.41. The predicted molar refractivity (Wildman–Crippen MR) is 180 cm³/mol. The first-order valence-electron chi connectivity index (χ1n) is 15.8. The summed E-state index contributed by atoms with van der Waals surface area (Å²) >= 11 is 0. The minimum Gasteiger partial charge on any atom is -0.481 e. The first-order chi connectivity index (χ1) is 25.4. The highest BCUT2D eigenvalue weighted by Gasteiger charge is 2.50. The van der Waals surface area contributed by atoms with Gasteiger partial charge in [-0.2, -0.15) is 4.31 Å². The number of hydrogen-bond acceptors (Lipinski definition) is 18. The van der Waals surface area contributed by atoms with Crippen molar-refractivity contribution in [2.24, 2.45) is 5.41 Å². The van der Waals surface area contributed by atoms with E-state index in [9.17, 15) is 62.7 Å². The number of imidazole rings is 1. The molecule has 0 aliphatic carbocycles. The number of nitrogen functional groups attached to an aromatic ring is 1. The van der Waals surface area contributed by atoms with Gasteiger partial charge in [0.1, 0.15) is 36.3 Å². The van der Waals surface area contributed by atoms with E-state index in [1.54, 1.807) is 0 Å². The molecule has 0 radical (unpaired) electrons. The number of phosphoric acid groups is 3. The maximum atomic E-state index is 12.6. The van der Waals surface area contributed by atoms with Crippen LogP contribution < -0.4 is 21.7 Å². The molecular weight excluding hydrogens is 809 g/mol. The summed E-state index contributed by atoms with van der Waals surface area (Å²) in [5.74, 6) is -3.28. The molecule has 0 aromatic carbocycles. The molecule has 0 bridgehead atoms. The minimum absolute atomic E-state index is 0.00747. The largest absolute Gasteiger partial charge is 0.481 e. The topological polar surface area (TPSA) is 413 Å². The molecule has 1 fully saturated rings. The molecule has 0 saturated carbocycles. The van der Waals surface area contributed by atoms with E-state index in [2.05, 4.69) is 39.7 Å². The quantitative estimate of drug-likeness (QED) is 0.0427. The molecule has 310 valence electrons. The van der Waals surface area contributed by atoms with E-state index >= 15 is 0 Å². The highest BCUT2D eigenvalue weighted by Crippen LogP contribution is 2.61. The minimum atomic E-state index is -5.59. The Hall–Kier alpha value is -3.52. The lowest BCUT2D eigenvalue weighted by molar-refractivity contribution is -0.139. The van der Waals surface area contributed by atoms with Crippen LogP contribution in [0, 0.1) is 5.41 Å². The Labute approximate surface area is 310 Å². The first kappa shape index (κ1) is 45.9. The highest BCUT2D eigenvalue weighted by atomic mass is 31.3. The van der Waals surface area contributed by atoms with Gasteiger partial charge in [-0.25, -0.2) is 28.6 Å². The van der Waals surface area contributed by atoms with Gasteiger partial charge < -0.3 is 61.3 Å². The summed E-state index contributed by atoms with van der Waals surface area (Å²) in [6, 6.07) is 0. The van der Waals surface area contributed by atoms with E-state index in [-0.39, 0.29) is 55.9 Å². The van der Waals surface area contributed by atoms with Crippen molar-refractivity contribution in [3.8, 4) is 0 Å². The van der Waals surface area contributed by atoms with E-state index in [0.29, 0.717) is 0 Å². The summed E-state index contributed by atoms with van der Waals surface area (Å²) in [5.41, 5.74) is 4.19. The van der Waals surface area contributed by atoms with Gasteiger partial charge in [0.2, 0.25) is 17.7 Å². The number of carbonyl (C=O) groups excluding carboxylic acids is 3. The molecule has 1 saturated heterocycles. The van der Waals surface area contributed by atoms with Crippen LogP contribution in [0.5, 0.6) is 0 Å². The maximum Gasteiger partial charge on any atom is 0.481 e. The van der Waals surface area contributed by atoms with Gasteiger partial charge in [-0.1, -0.05) is 13.8 Å². The number of hydrogen-bond donors (Lipinski definition) is 11. The number of aliphatic hydroxyl groups excluding tert-OH is 2. The summed E-state index contributed by atoms with van der Waals surface area (Å²) in [5, 5.41) is 37.0. The fourth-order valence-electron chi connectivity index (χ4n) is 4.65. The van der Waals surface area contributed by atoms with E-state index in [0.717, 1.165) is 17.2 Å². The summed E-state index contributed by atoms with van der Waals surface area (Å²) in [4.78, 5) is 97.2. The standard InChI is InChI=1S/C25H41N8O19P3/c1-25(2,20(39)23(40)29-6-5-15(35)28-8-7-27-14(34)3-4-16(36)37)10-49-55(46,47)52-54(44,45)48-9-13-19(51-53(41,42)43)18(38)24(50-13)33-12-32-17-21(26)30-11-31-22(17)33/h11-13,18-20,24,38-39H,3-10H2,1-2H3,(H,27,34)(H,28,35)(H,29,40)(H,36,37)(H,44,45)(H,46,47)(H2,26,30,31)(H2,41,42,43). The second kappa shape index (κ2) is 19.1. The fourth-order valence-corrected chi connectivity index (χ4v) is 7.48. The van der Waals surface area contributed by atoms with Gasteiger partial charge in [0.25, 0.3) is 0 Å². The van der Waals surface area contributed by atoms with E-state index in [1.807, 2.05) is 0 Å². The lowest BCUT2D eigenvalue weighted by Gasteiger charge is -2.30. The monoisotopic (exact) mass is 850 g/mol. The third kappa shape index (κ3) is 14.2. The van der Waals surface area contributed by atoms with Crippen molar-refractivity contribution < 1.29 is 90.4 Å². The molecule has 7 atom stereocenters. The van der Waals surface area contributed by atoms with Crippen LogP contribution in [0.4, 0.5) is 5.82 Å². The Morgan fingerprint density at radius 1 is 0.945 bits per heavy atom. The molecular formula is C25H41N8O19P3. The SMILES string of the molecule is CC(C)(COP(=O)(O)OP(=O)(O)OCC1OC(n2cnc3c(N)ncnc32)C(O)C1OP(=O)(O)O)C(O)C(=O)NCCC(=O)NCCNC(=O)CCC(=O)O. The predicted octanol–water partition coefficient (Wildman–Crippen LogP) is -2.61. The first-order valence-corrected chi connectivity index (χ1v) is 20.3. The number of rotatable bonds is 22. The Kier molecular flexibility index (Phi) is 15.9. The highest BCUT2D eigenvalue weighted by molar-refractivity contribution is 7.61. The van der Waals surface area contributed by atoms with Gasteiger partial charge in [0.15, 0.2) is 17.7 Å². The van der Waals surface area contributed by atoms with E-state index in [1.165, 1.54) is 13.8 Å². The maximum absolute atomic E-state index is 12.6. The Morgan fingerprint density at radius 3 is 2.18 bits per heavy atom. The number of fused-ring (bicyclic) bond motifs is 1. The molecule has 3 rings (SSSR count). The van der Waals surface area contributed by atoms with Gasteiger partial charge in [-0.3, -0.25) is 37.3 Å². The number of nitrogens with two attached hydrogens (primary N) is 1. The summed E-state index contributed by atoms with van der Waals surface area (Å²) < 4.78 is 61.9. The van der Waals surface area contributed by atoms with Crippen LogP contribution in [-0.2, 0) is 55.5 Å². The van der Waals surface area contributed by atoms with Gasteiger partial charge in [0, 0.05) is 37.9 Å². The van der Waals surface area contributed by atoms with Crippen LogP contribution in [0.1, 0.15) is 39.3 Å². The number of aromatic nitrogens is 4. The summed E-state index contributed by atoms with van der Waals surface area (Å²) in [7, 11) is -16.4. The van der Waals surface area contributed by atoms with Crippen LogP contribution in [-0.4, -0.2) is 135 Å². The van der Waals surface area contributed by atoms with Gasteiger partial charge in [-0.15, -0.1) is 0 Å². The van der Waals surface area contributed by atoms with Crippen molar-refractivity contribution in [2.45, 2.75) is 63.8 Å². The van der Waals surface area contributed by atoms with Crippen LogP contribution in [0.2, 0.25) is 0 Å². The van der Waals surface area contributed by atoms with E-state index < -0.39 is 96.4 Å². The number of carboxylic acid groups (broad SMARTS) is 1. The lowest BCUT2D eigenvalue weighted by atomic mass is 9.87. The number of carboxylic acids is 1. The molecule has 3 heterocycles. The molecule has 1 aliphatic heterocycles. The number of aliphatic carboxylic acids is 1. The van der Waals surface area contributed by atoms with Gasteiger partial charge in [0.05, 0.1) is 26.0 Å². The smallest absolute Gasteiger partial charge is 0.481 e. The Balaban J connectivity index is 1.49. The second-order valence-corrected chi connectivity index (χ2v) is 16.5. The number of nitrogens with zero attached hydrogens (tertiary/aromatic N) is 4. The molecule has 2 aromatic rings. The third-order valence-corrected chi connectivity index (χ3v) is 10.5. The number of nitrogens with one attached hydrogen (secondary N) is 3. The van der Waals surface area contributed by atoms with Crippen molar-refractivity contribution in [2.75, 3.05) is 38.6 Å². The Morgan fingerprint density at radius 2 is 1.56 bits per heavy atom. The van der Waals surface area contributed by atoms with Crippen molar-refractivity contribution in [1.82, 2.24) is 35.5 Å². The normalized spacial score (nSPS) is 21.7. The number of aliphatic hydroxyl groups is 2. The molecule has 3 amide bonds. The number of phosphoric ester groups is 3. The molecule has 27 nitrogen and oxygen atoms in total. The zero-order valence-electron chi connectivity index (χ0n) is 28.9. The van der Waals surface area contributed by atoms with Crippen LogP contribution in [0.3, 0.4) is 0 Å². The number of anilines is 1. The molecule has 2 aromatic heterocycles. The van der Waals surface area contributed by atoms with Crippen molar-refractivity contribution in [3.63, 3.8) is 0 Å². The molecule has 55 heavy (non-hydrogen) atoms. The van der Waals surface area contributed by atoms with Crippen LogP contribution >= 0.6 is 23.5 Å². The molecule has 30 heteroatoms. The summed E-state index contributed by atoms with van der Waals surface area (Å²) in [6.07, 6.45) is -7.70. The molecule has 7 unspecified atom stereocenters. The second-order valence-electron chi connectivity index (χ2n) is 12.3. The van der Waals surface area contributed by atoms with Crippen LogP contribution in [0.25, 0.3) is 11.2 Å². The molecule has 1 aliphatic rings. The Bertz CT molecular complexity index is 1840. The van der Waals surface area contributed by atoms with Gasteiger partial charge in [-0.05, 0) is 0 Å². The van der Waals surface area contributed by atoms with E-state index in [4.69, 9.17) is 24.6 Å². The van der Waals surface area contributed by atoms with Crippen molar-refractivity contribution in [1.29, 1.82) is 0 Å². The zero-order chi connectivity index (χ0) is 41.4. The van der Waals surface area contributed by atoms with Crippen molar-refractivity contribution >= 4 is 64.1 Å². The number of amides is 3. The van der Waals surface area contributed by atoms with Crippen molar-refractivity contribution in [3.05, 3.63) is 12.7 Å². The summed E-state index contributed by atoms with van der Waals surface area (Å²) in [6.45, 7) is 0.129. The number of carbonyl (C=O) groups is 4. The fraction of sp³-hybridized carbons (Fsp3) is 0.640.